The van der Waals surface area contributed by atoms with Gasteiger partial charge in [-0.2, -0.15) is 18.3 Å². The maximum atomic E-state index is 12.3. The quantitative estimate of drug-likeness (QED) is 0.916. The van der Waals surface area contributed by atoms with Gasteiger partial charge >= 0.3 is 12.1 Å². The fourth-order valence-corrected chi connectivity index (χ4v) is 2.32. The number of alkyl halides is 3. The van der Waals surface area contributed by atoms with Crippen LogP contribution in [0.3, 0.4) is 0 Å². The number of nitrogens with zero attached hydrogens (tertiary/aromatic N) is 3. The van der Waals surface area contributed by atoms with Crippen molar-refractivity contribution in [1.82, 2.24) is 14.7 Å². The second kappa shape index (κ2) is 6.37. The predicted molar refractivity (Wildman–Crippen MR) is 72.1 cm³/mol. The molecule has 0 unspecified atom stereocenters. The molecule has 1 aliphatic heterocycles. The van der Waals surface area contributed by atoms with Crippen molar-refractivity contribution in [3.05, 3.63) is 11.8 Å². The van der Waals surface area contributed by atoms with E-state index in [0.29, 0.717) is 18.8 Å². The lowest BCUT2D eigenvalue weighted by atomic mass is 10.3. The van der Waals surface area contributed by atoms with Crippen LogP contribution in [0.1, 0.15) is 25.5 Å². The molecule has 0 saturated carbocycles. The molecular weight excluding hydrogens is 301 g/mol. The van der Waals surface area contributed by atoms with Crippen LogP contribution < -0.4 is 5.32 Å². The van der Waals surface area contributed by atoms with E-state index in [4.69, 9.17) is 0 Å². The van der Waals surface area contributed by atoms with Gasteiger partial charge in [-0.05, 0) is 19.8 Å². The number of rotatable bonds is 4. The molecule has 9 heteroatoms. The first-order chi connectivity index (χ1) is 10.3. The zero-order valence-electron chi connectivity index (χ0n) is 12.1. The standard InChI is InChI=1S/C13H17F3N4O2/c1-2-20-10(17-12(22)13(14,15)16)7-9(18-20)8-11(21)19-5-3-4-6-19/h7H,2-6,8H2,1H3,(H,17,22). The van der Waals surface area contributed by atoms with Crippen LogP contribution in [0.4, 0.5) is 19.0 Å². The first kappa shape index (κ1) is 16.3. The predicted octanol–water partition coefficient (Wildman–Crippen LogP) is 1.57. The van der Waals surface area contributed by atoms with Crippen LogP contribution in [0.25, 0.3) is 0 Å². The minimum Gasteiger partial charge on any atom is -0.342 e. The number of aryl methyl sites for hydroxylation is 1. The monoisotopic (exact) mass is 318 g/mol. The van der Waals surface area contributed by atoms with Crippen LogP contribution in [0, 0.1) is 0 Å². The van der Waals surface area contributed by atoms with Gasteiger partial charge in [-0.15, -0.1) is 0 Å². The lowest BCUT2D eigenvalue weighted by Gasteiger charge is -2.13. The van der Waals surface area contributed by atoms with E-state index < -0.39 is 12.1 Å². The Balaban J connectivity index is 2.07. The summed E-state index contributed by atoms with van der Waals surface area (Å²) in [5.41, 5.74) is 0.344. The third-order valence-corrected chi connectivity index (χ3v) is 3.42. The molecule has 6 nitrogen and oxygen atoms in total. The van der Waals surface area contributed by atoms with Gasteiger partial charge in [0.05, 0.1) is 12.1 Å². The van der Waals surface area contributed by atoms with E-state index in [0.717, 1.165) is 12.8 Å². The Morgan fingerprint density at radius 2 is 1.95 bits per heavy atom. The molecule has 2 rings (SSSR count). The highest BCUT2D eigenvalue weighted by Gasteiger charge is 2.39. The molecule has 1 aliphatic rings. The summed E-state index contributed by atoms with van der Waals surface area (Å²) in [5.74, 6) is -2.22. The molecule has 0 aliphatic carbocycles. The van der Waals surface area contributed by atoms with Crippen LogP contribution >= 0.6 is 0 Å². The topological polar surface area (TPSA) is 67.2 Å². The fourth-order valence-electron chi connectivity index (χ4n) is 2.32. The molecule has 0 atom stereocenters. The van der Waals surface area contributed by atoms with E-state index in [1.165, 1.54) is 10.7 Å². The Kier molecular flexibility index (Phi) is 4.72. The summed E-state index contributed by atoms with van der Waals surface area (Å²) in [7, 11) is 0. The second-order valence-corrected chi connectivity index (χ2v) is 5.05. The highest BCUT2D eigenvalue weighted by molar-refractivity contribution is 5.94. The van der Waals surface area contributed by atoms with Crippen molar-refractivity contribution >= 4 is 17.6 Å². The van der Waals surface area contributed by atoms with Crippen molar-refractivity contribution in [2.75, 3.05) is 18.4 Å². The lowest BCUT2D eigenvalue weighted by molar-refractivity contribution is -0.167. The maximum absolute atomic E-state index is 12.3. The molecular formula is C13H17F3N4O2. The minimum absolute atomic E-state index is 0.0158. The third-order valence-electron chi connectivity index (χ3n) is 3.42. The number of carbonyl (C=O) groups excluding carboxylic acids is 2. The summed E-state index contributed by atoms with van der Waals surface area (Å²) in [6.07, 6.45) is -3.03. The Morgan fingerprint density at radius 3 is 2.50 bits per heavy atom. The van der Waals surface area contributed by atoms with Crippen LogP contribution in [0.15, 0.2) is 6.07 Å². The van der Waals surface area contributed by atoms with Gasteiger partial charge in [0.2, 0.25) is 5.91 Å². The number of nitrogens with one attached hydrogen (secondary N) is 1. The van der Waals surface area contributed by atoms with E-state index >= 15 is 0 Å². The summed E-state index contributed by atoms with van der Waals surface area (Å²) in [4.78, 5) is 24.7. The molecule has 1 saturated heterocycles. The van der Waals surface area contributed by atoms with Gasteiger partial charge in [0.25, 0.3) is 0 Å². The largest absolute Gasteiger partial charge is 0.471 e. The second-order valence-electron chi connectivity index (χ2n) is 5.05. The normalized spacial score (nSPS) is 15.2. The lowest BCUT2D eigenvalue weighted by Crippen LogP contribution is -2.30. The molecule has 0 spiro atoms. The van der Waals surface area contributed by atoms with Crippen LogP contribution in [-0.4, -0.2) is 45.8 Å². The first-order valence-electron chi connectivity index (χ1n) is 7.04. The van der Waals surface area contributed by atoms with Crippen LogP contribution in [0.5, 0.6) is 0 Å². The van der Waals surface area contributed by atoms with Crippen molar-refractivity contribution in [2.45, 2.75) is 38.9 Å². The van der Waals surface area contributed by atoms with Gasteiger partial charge in [-0.1, -0.05) is 0 Å². The summed E-state index contributed by atoms with van der Waals surface area (Å²) in [6, 6.07) is 1.31. The Bertz CT molecular complexity index is 562. The number of amides is 2. The molecule has 1 fully saturated rings. The Labute approximate surface area is 125 Å². The number of carbonyl (C=O) groups is 2. The van der Waals surface area contributed by atoms with Crippen molar-refractivity contribution in [1.29, 1.82) is 0 Å². The van der Waals surface area contributed by atoms with Gasteiger partial charge in [0, 0.05) is 25.7 Å². The summed E-state index contributed by atoms with van der Waals surface area (Å²) < 4.78 is 38.1. The number of halogens is 3. The Hall–Kier alpha value is -2.06. The zero-order valence-corrected chi connectivity index (χ0v) is 12.1. The van der Waals surface area contributed by atoms with Gasteiger partial charge in [0.1, 0.15) is 5.82 Å². The molecule has 2 heterocycles. The van der Waals surface area contributed by atoms with Crippen molar-refractivity contribution < 1.29 is 22.8 Å². The number of likely N-dealkylation sites (tertiary alicyclic amines) is 1. The zero-order chi connectivity index (χ0) is 16.3. The molecule has 1 aromatic rings. The van der Waals surface area contributed by atoms with Gasteiger partial charge in [-0.3, -0.25) is 9.59 Å². The van der Waals surface area contributed by atoms with Crippen molar-refractivity contribution in [3.63, 3.8) is 0 Å². The molecule has 0 bridgehead atoms. The summed E-state index contributed by atoms with van der Waals surface area (Å²) >= 11 is 0. The SMILES string of the molecule is CCn1nc(CC(=O)N2CCCC2)cc1NC(=O)C(F)(F)F. The van der Waals surface area contributed by atoms with Gasteiger partial charge in [0.15, 0.2) is 0 Å². The molecule has 0 aromatic carbocycles. The molecule has 1 aromatic heterocycles. The Morgan fingerprint density at radius 1 is 1.32 bits per heavy atom. The molecule has 22 heavy (non-hydrogen) atoms. The summed E-state index contributed by atoms with van der Waals surface area (Å²) in [5, 5.41) is 5.84. The number of aromatic nitrogens is 2. The van der Waals surface area contributed by atoms with E-state index in [9.17, 15) is 22.8 Å². The van der Waals surface area contributed by atoms with Gasteiger partial charge in [-0.25, -0.2) is 4.68 Å². The number of hydrogen-bond donors (Lipinski definition) is 1. The minimum atomic E-state index is -4.96. The number of anilines is 1. The van der Waals surface area contributed by atoms with Crippen molar-refractivity contribution in [3.8, 4) is 0 Å². The maximum Gasteiger partial charge on any atom is 0.471 e. The molecule has 2 amide bonds. The molecule has 0 radical (unpaired) electrons. The van der Waals surface area contributed by atoms with E-state index in [1.54, 1.807) is 17.1 Å². The van der Waals surface area contributed by atoms with Gasteiger partial charge < -0.3 is 10.2 Å². The van der Waals surface area contributed by atoms with E-state index in [1.807, 2.05) is 0 Å². The molecule has 122 valence electrons. The van der Waals surface area contributed by atoms with Crippen molar-refractivity contribution in [2.24, 2.45) is 0 Å². The smallest absolute Gasteiger partial charge is 0.342 e. The number of hydrogen-bond acceptors (Lipinski definition) is 3. The summed E-state index contributed by atoms with van der Waals surface area (Å²) in [6.45, 7) is 3.36. The average molecular weight is 318 g/mol. The first-order valence-corrected chi connectivity index (χ1v) is 7.04. The highest BCUT2D eigenvalue weighted by atomic mass is 19.4. The van der Waals surface area contributed by atoms with Crippen LogP contribution in [0.2, 0.25) is 0 Å². The fraction of sp³-hybridized carbons (Fsp3) is 0.615. The highest BCUT2D eigenvalue weighted by Crippen LogP contribution is 2.20. The third kappa shape index (κ3) is 3.77. The average Bonchev–Trinajstić information content (AvgIpc) is 3.07. The molecule has 1 N–H and O–H groups in total. The van der Waals surface area contributed by atoms with E-state index in [-0.39, 0.29) is 24.7 Å². The van der Waals surface area contributed by atoms with Crippen LogP contribution in [-0.2, 0) is 22.6 Å². The van der Waals surface area contributed by atoms with E-state index in [2.05, 4.69) is 5.10 Å².